The molecule has 1 aliphatic rings. The third-order valence-electron chi connectivity index (χ3n) is 7.31. The number of ether oxygens (including phenoxy) is 2. The van der Waals surface area contributed by atoms with Gasteiger partial charge in [0, 0.05) is 41.1 Å². The number of carbonyl (C=O) groups excluding carboxylic acids is 1. The average Bonchev–Trinajstić information content (AvgIpc) is 3.45. The quantitative estimate of drug-likeness (QED) is 0.236. The molecule has 1 fully saturated rings. The lowest BCUT2D eigenvalue weighted by Crippen LogP contribution is -2.29. The van der Waals surface area contributed by atoms with E-state index in [0.29, 0.717) is 10.1 Å². The number of halogens is 1. The Kier molecular flexibility index (Phi) is 8.30. The lowest BCUT2D eigenvalue weighted by atomic mass is 9.96. The number of anilines is 2. The SMILES string of the molecule is COCC(=O)Nc1ccc(N2C(=S)N[C@@H](c3ccccn3)[C@H]2c2cc(C)n(-c3cc(Cl)ccc3OC)c2C)cc1C. The second kappa shape index (κ2) is 11.9. The summed E-state index contributed by atoms with van der Waals surface area (Å²) in [6.07, 6.45) is 1.79. The molecule has 2 aromatic carbocycles. The van der Waals surface area contributed by atoms with Gasteiger partial charge in [-0.15, -0.1) is 0 Å². The fourth-order valence-electron chi connectivity index (χ4n) is 5.50. The van der Waals surface area contributed by atoms with Crippen LogP contribution in [-0.4, -0.2) is 41.4 Å². The number of carbonyl (C=O) groups is 1. The minimum absolute atomic E-state index is 0.0117. The zero-order chi connectivity index (χ0) is 29.3. The highest BCUT2D eigenvalue weighted by Crippen LogP contribution is 2.45. The van der Waals surface area contributed by atoms with E-state index in [-0.39, 0.29) is 24.6 Å². The van der Waals surface area contributed by atoms with Gasteiger partial charge in [0.25, 0.3) is 0 Å². The normalized spacial score (nSPS) is 16.5. The van der Waals surface area contributed by atoms with Gasteiger partial charge in [0.05, 0.1) is 30.6 Å². The molecule has 212 valence electrons. The number of hydrogen-bond donors (Lipinski definition) is 2. The molecule has 2 aromatic heterocycles. The molecule has 1 aliphatic heterocycles. The molecule has 41 heavy (non-hydrogen) atoms. The van der Waals surface area contributed by atoms with Gasteiger partial charge in [0.15, 0.2) is 5.11 Å². The second-order valence-electron chi connectivity index (χ2n) is 9.96. The van der Waals surface area contributed by atoms with E-state index in [9.17, 15) is 4.79 Å². The maximum atomic E-state index is 12.1. The Balaban J connectivity index is 1.63. The van der Waals surface area contributed by atoms with Crippen molar-refractivity contribution in [3.05, 3.63) is 100 Å². The highest BCUT2D eigenvalue weighted by atomic mass is 35.5. The number of aromatic nitrogens is 2. The molecule has 3 heterocycles. The Hall–Kier alpha value is -3.92. The van der Waals surface area contributed by atoms with E-state index in [2.05, 4.69) is 45.0 Å². The molecule has 10 heteroatoms. The van der Waals surface area contributed by atoms with Crippen molar-refractivity contribution < 1.29 is 14.3 Å². The number of amides is 1. The number of aryl methyl sites for hydroxylation is 2. The van der Waals surface area contributed by atoms with Gasteiger partial charge in [-0.3, -0.25) is 9.78 Å². The van der Waals surface area contributed by atoms with E-state index in [1.807, 2.05) is 61.5 Å². The molecule has 1 amide bonds. The first-order valence-corrected chi connectivity index (χ1v) is 13.9. The highest BCUT2D eigenvalue weighted by molar-refractivity contribution is 7.80. The van der Waals surface area contributed by atoms with Crippen molar-refractivity contribution in [3.8, 4) is 11.4 Å². The van der Waals surface area contributed by atoms with Crippen molar-refractivity contribution in [1.29, 1.82) is 0 Å². The number of hydrogen-bond acceptors (Lipinski definition) is 5. The minimum Gasteiger partial charge on any atom is -0.495 e. The van der Waals surface area contributed by atoms with Crippen molar-refractivity contribution in [1.82, 2.24) is 14.9 Å². The molecule has 0 saturated carbocycles. The summed E-state index contributed by atoms with van der Waals surface area (Å²) in [5.74, 6) is 0.515. The van der Waals surface area contributed by atoms with E-state index >= 15 is 0 Å². The second-order valence-corrected chi connectivity index (χ2v) is 10.8. The molecule has 5 rings (SSSR count). The summed E-state index contributed by atoms with van der Waals surface area (Å²) in [4.78, 5) is 19.0. The molecule has 2 atom stereocenters. The largest absolute Gasteiger partial charge is 0.495 e. The van der Waals surface area contributed by atoms with Crippen LogP contribution in [0.1, 0.15) is 40.3 Å². The minimum atomic E-state index is -0.212. The van der Waals surface area contributed by atoms with Gasteiger partial charge >= 0.3 is 0 Å². The summed E-state index contributed by atoms with van der Waals surface area (Å²) >= 11 is 12.4. The fraction of sp³-hybridized carbons (Fsp3) is 0.258. The summed E-state index contributed by atoms with van der Waals surface area (Å²) in [5, 5.41) is 7.65. The molecule has 4 aromatic rings. The third kappa shape index (κ3) is 5.53. The molecular weight excluding hydrogens is 558 g/mol. The van der Waals surface area contributed by atoms with E-state index in [4.69, 9.17) is 33.3 Å². The average molecular weight is 590 g/mol. The van der Waals surface area contributed by atoms with Crippen LogP contribution < -0.4 is 20.3 Å². The Bertz CT molecular complexity index is 1610. The van der Waals surface area contributed by atoms with Gasteiger partial charge in [0.1, 0.15) is 12.4 Å². The van der Waals surface area contributed by atoms with Crippen LogP contribution in [0.5, 0.6) is 5.75 Å². The number of methoxy groups -OCH3 is 2. The van der Waals surface area contributed by atoms with E-state index < -0.39 is 0 Å². The Morgan fingerprint density at radius 3 is 2.59 bits per heavy atom. The fourth-order valence-corrected chi connectivity index (χ4v) is 6.01. The molecule has 0 radical (unpaired) electrons. The topological polar surface area (TPSA) is 80.7 Å². The molecule has 0 unspecified atom stereocenters. The van der Waals surface area contributed by atoms with Crippen LogP contribution in [0.3, 0.4) is 0 Å². The van der Waals surface area contributed by atoms with Crippen LogP contribution in [0, 0.1) is 20.8 Å². The third-order valence-corrected chi connectivity index (χ3v) is 7.86. The molecular formula is C31H32ClN5O3S. The summed E-state index contributed by atoms with van der Waals surface area (Å²) in [6.45, 7) is 6.11. The summed E-state index contributed by atoms with van der Waals surface area (Å²) < 4.78 is 12.8. The maximum absolute atomic E-state index is 12.1. The van der Waals surface area contributed by atoms with Crippen molar-refractivity contribution in [3.63, 3.8) is 0 Å². The number of nitrogens with zero attached hydrogens (tertiary/aromatic N) is 3. The van der Waals surface area contributed by atoms with Crippen LogP contribution in [0.25, 0.3) is 5.69 Å². The zero-order valence-electron chi connectivity index (χ0n) is 23.6. The maximum Gasteiger partial charge on any atom is 0.250 e. The highest BCUT2D eigenvalue weighted by Gasteiger charge is 2.42. The summed E-state index contributed by atoms with van der Waals surface area (Å²) in [5.41, 5.74) is 7.42. The predicted octanol–water partition coefficient (Wildman–Crippen LogP) is 6.22. The van der Waals surface area contributed by atoms with Gasteiger partial charge in [0.2, 0.25) is 5.91 Å². The summed E-state index contributed by atoms with van der Waals surface area (Å²) in [6, 6.07) is 19.2. The molecule has 0 aliphatic carbocycles. The molecule has 2 N–H and O–H groups in total. The van der Waals surface area contributed by atoms with Crippen LogP contribution >= 0.6 is 23.8 Å². The standard InChI is InChI=1S/C31H32ClN5O3S/c1-18-14-22(10-11-24(18)34-28(38)17-39-4)37-30(29(35-31(37)41)25-8-6-7-13-33-25)23-15-19(2)36(20(23)3)26-16-21(32)9-12-27(26)40-5/h6-16,29-30H,17H2,1-5H3,(H,34,38)(H,35,41)/t29-,30+/m0/s1. The molecule has 8 nitrogen and oxygen atoms in total. The Labute approximate surface area is 250 Å². The number of thiocarbonyl (C=S) groups is 1. The van der Waals surface area contributed by atoms with Gasteiger partial charge < -0.3 is 29.6 Å². The van der Waals surface area contributed by atoms with Crippen molar-refractivity contribution in [2.45, 2.75) is 32.9 Å². The van der Waals surface area contributed by atoms with Crippen LogP contribution in [0.4, 0.5) is 11.4 Å². The predicted molar refractivity (Wildman–Crippen MR) is 166 cm³/mol. The van der Waals surface area contributed by atoms with Crippen molar-refractivity contribution in [2.75, 3.05) is 31.0 Å². The molecule has 0 spiro atoms. The lowest BCUT2D eigenvalue weighted by Gasteiger charge is -2.29. The van der Waals surface area contributed by atoms with Gasteiger partial charge in [-0.25, -0.2) is 0 Å². The van der Waals surface area contributed by atoms with Crippen molar-refractivity contribution >= 4 is 46.2 Å². The first kappa shape index (κ1) is 28.6. The van der Waals surface area contributed by atoms with Gasteiger partial charge in [-0.05, 0) is 98.7 Å². The molecule has 1 saturated heterocycles. The number of nitrogens with one attached hydrogen (secondary N) is 2. The van der Waals surface area contributed by atoms with Crippen LogP contribution in [-0.2, 0) is 9.53 Å². The van der Waals surface area contributed by atoms with Crippen LogP contribution in [0.15, 0.2) is 66.9 Å². The number of pyridine rings is 1. The first-order chi connectivity index (χ1) is 19.7. The van der Waals surface area contributed by atoms with E-state index in [1.54, 1.807) is 13.3 Å². The zero-order valence-corrected chi connectivity index (χ0v) is 25.1. The first-order valence-electron chi connectivity index (χ1n) is 13.2. The molecule has 0 bridgehead atoms. The van der Waals surface area contributed by atoms with Crippen molar-refractivity contribution in [2.24, 2.45) is 0 Å². The Morgan fingerprint density at radius 2 is 1.90 bits per heavy atom. The smallest absolute Gasteiger partial charge is 0.250 e. The van der Waals surface area contributed by atoms with Crippen LogP contribution in [0.2, 0.25) is 5.02 Å². The van der Waals surface area contributed by atoms with E-state index in [1.165, 1.54) is 7.11 Å². The monoisotopic (exact) mass is 589 g/mol. The van der Waals surface area contributed by atoms with Gasteiger partial charge in [-0.1, -0.05) is 17.7 Å². The summed E-state index contributed by atoms with van der Waals surface area (Å²) in [7, 11) is 3.15. The van der Waals surface area contributed by atoms with E-state index in [0.717, 1.165) is 51.0 Å². The number of benzene rings is 2. The van der Waals surface area contributed by atoms with Gasteiger partial charge in [-0.2, -0.15) is 0 Å². The Morgan fingerprint density at radius 1 is 1.10 bits per heavy atom. The lowest BCUT2D eigenvalue weighted by molar-refractivity contribution is -0.119. The number of rotatable bonds is 8.